The average Bonchev–Trinajstić information content (AvgIpc) is 2.24. The molecular weight excluding hydrogens is 293 g/mol. The van der Waals surface area contributed by atoms with Crippen molar-refractivity contribution in [1.82, 2.24) is 0 Å². The minimum atomic E-state index is -1.01. The molecule has 1 N–H and O–H groups in total. The first-order valence-corrected chi connectivity index (χ1v) is 5.81. The Morgan fingerprint density at radius 1 is 1.62 bits per heavy atom. The lowest BCUT2D eigenvalue weighted by atomic mass is 10.2. The zero-order chi connectivity index (χ0) is 12.1. The Labute approximate surface area is 107 Å². The number of aryl methyl sites for hydroxylation is 1. The molecule has 0 heterocycles. The van der Waals surface area contributed by atoms with Crippen molar-refractivity contribution in [3.63, 3.8) is 0 Å². The minimum absolute atomic E-state index is 0.223. The Bertz CT molecular complexity index is 420. The molecule has 1 aromatic rings. The van der Waals surface area contributed by atoms with Gasteiger partial charge in [0.05, 0.1) is 5.69 Å². The van der Waals surface area contributed by atoms with Crippen LogP contribution in [0.15, 0.2) is 34.3 Å². The van der Waals surface area contributed by atoms with Crippen molar-refractivity contribution in [3.05, 3.63) is 39.8 Å². The number of nitrogens with zero attached hydrogens (tertiary/aromatic N) is 1. The average molecular weight is 305 g/mol. The normalized spacial score (nSPS) is 10.7. The van der Waals surface area contributed by atoms with Crippen molar-refractivity contribution in [1.29, 1.82) is 0 Å². The van der Waals surface area contributed by atoms with E-state index in [-0.39, 0.29) is 6.54 Å². The van der Waals surface area contributed by atoms with Crippen LogP contribution in [-0.4, -0.2) is 17.7 Å². The highest BCUT2D eigenvalue weighted by Gasteiger charge is 2.16. The fourth-order valence-corrected chi connectivity index (χ4v) is 1.82. The molecule has 0 aromatic heterocycles. The number of benzene rings is 1. The molecule has 16 heavy (non-hydrogen) atoms. The Balaban J connectivity index is 3.10. The predicted molar refractivity (Wildman–Crippen MR) is 69.2 cm³/mol. The van der Waals surface area contributed by atoms with E-state index < -0.39 is 6.09 Å². The summed E-state index contributed by atoms with van der Waals surface area (Å²) in [6.07, 6.45) is 0.561. The van der Waals surface area contributed by atoms with Crippen LogP contribution >= 0.6 is 27.5 Å². The lowest BCUT2D eigenvalue weighted by Crippen LogP contribution is -2.29. The molecule has 1 rings (SSSR count). The zero-order valence-corrected chi connectivity index (χ0v) is 11.0. The van der Waals surface area contributed by atoms with Crippen LogP contribution in [0.1, 0.15) is 5.56 Å². The summed E-state index contributed by atoms with van der Waals surface area (Å²) in [5, 5.41) is 9.10. The van der Waals surface area contributed by atoms with Gasteiger partial charge in [0.15, 0.2) is 0 Å². The molecule has 86 valence electrons. The maximum atomic E-state index is 11.1. The van der Waals surface area contributed by atoms with Gasteiger partial charge in [0, 0.05) is 16.6 Å². The lowest BCUT2D eigenvalue weighted by Gasteiger charge is -2.19. The third kappa shape index (κ3) is 3.00. The zero-order valence-electron chi connectivity index (χ0n) is 8.65. The molecule has 0 saturated heterocycles. The molecule has 0 atom stereocenters. The quantitative estimate of drug-likeness (QED) is 0.917. The molecule has 0 unspecified atom stereocenters. The van der Waals surface area contributed by atoms with E-state index >= 15 is 0 Å². The molecule has 0 aliphatic carbocycles. The molecule has 0 saturated carbocycles. The van der Waals surface area contributed by atoms with Crippen LogP contribution in [0.2, 0.25) is 0 Å². The molecule has 0 radical (unpaired) electrons. The molecule has 0 aliphatic rings. The van der Waals surface area contributed by atoms with Gasteiger partial charge in [-0.05, 0) is 34.5 Å². The second-order valence-corrected chi connectivity index (χ2v) is 4.21. The van der Waals surface area contributed by atoms with Crippen molar-refractivity contribution in [2.45, 2.75) is 6.92 Å². The van der Waals surface area contributed by atoms with Gasteiger partial charge in [0.25, 0.3) is 0 Å². The molecule has 0 aliphatic heterocycles. The van der Waals surface area contributed by atoms with Crippen LogP contribution in [0.4, 0.5) is 10.5 Å². The molecule has 0 bridgehead atoms. The van der Waals surface area contributed by atoms with Gasteiger partial charge in [-0.2, -0.15) is 0 Å². The maximum absolute atomic E-state index is 11.1. The maximum Gasteiger partial charge on any atom is 0.412 e. The van der Waals surface area contributed by atoms with Gasteiger partial charge < -0.3 is 5.11 Å². The van der Waals surface area contributed by atoms with Crippen molar-refractivity contribution in [2.75, 3.05) is 11.4 Å². The predicted octanol–water partition coefficient (Wildman–Crippen LogP) is 3.99. The van der Waals surface area contributed by atoms with Gasteiger partial charge in [-0.3, -0.25) is 4.90 Å². The van der Waals surface area contributed by atoms with Crippen LogP contribution in [0, 0.1) is 6.92 Å². The first kappa shape index (κ1) is 13.1. The first-order chi connectivity index (χ1) is 7.57. The van der Waals surface area contributed by atoms with Gasteiger partial charge in [-0.25, -0.2) is 4.79 Å². The summed E-state index contributed by atoms with van der Waals surface area (Å²) in [6, 6.07) is 5.47. The van der Waals surface area contributed by atoms with Gasteiger partial charge in [0.1, 0.15) is 0 Å². The van der Waals surface area contributed by atoms with Crippen LogP contribution in [-0.2, 0) is 0 Å². The summed E-state index contributed by atoms with van der Waals surface area (Å²) in [6.45, 7) is 2.13. The molecular formula is C11H11BrClNO2. The number of hydrogen-bond donors (Lipinski definition) is 1. The lowest BCUT2D eigenvalue weighted by molar-refractivity contribution is 0.202. The first-order valence-electron chi connectivity index (χ1n) is 4.58. The van der Waals surface area contributed by atoms with Crippen LogP contribution < -0.4 is 4.90 Å². The van der Waals surface area contributed by atoms with E-state index in [1.807, 2.05) is 19.1 Å². The summed E-state index contributed by atoms with van der Waals surface area (Å²) in [5.41, 5.74) is 2.90. The number of amides is 1. The number of carboxylic acid groups (broad SMARTS) is 1. The number of halogens is 2. The smallest absolute Gasteiger partial charge is 0.412 e. The van der Waals surface area contributed by atoms with Gasteiger partial charge in [-0.1, -0.05) is 29.8 Å². The Morgan fingerprint density at radius 2 is 2.31 bits per heavy atom. The molecule has 5 heteroatoms. The van der Waals surface area contributed by atoms with E-state index in [1.165, 1.54) is 10.4 Å². The standard InChI is InChI=1S/C11H11BrClNO2/c1-8-4-2-5-9(10(8)12)14(11(15)16)7-3-6-13/h2-6H,7H2,1H3,(H,15,16). The molecule has 0 spiro atoms. The fourth-order valence-electron chi connectivity index (χ4n) is 1.27. The van der Waals surface area contributed by atoms with Crippen molar-refractivity contribution < 1.29 is 9.90 Å². The van der Waals surface area contributed by atoms with E-state index in [0.717, 1.165) is 10.0 Å². The van der Waals surface area contributed by atoms with Gasteiger partial charge in [-0.15, -0.1) is 0 Å². The van der Waals surface area contributed by atoms with Crippen LogP contribution in [0.3, 0.4) is 0 Å². The second-order valence-electron chi connectivity index (χ2n) is 3.16. The largest absolute Gasteiger partial charge is 0.465 e. The molecule has 3 nitrogen and oxygen atoms in total. The highest BCUT2D eigenvalue weighted by atomic mass is 79.9. The Kier molecular flexibility index (Phi) is 4.83. The van der Waals surface area contributed by atoms with E-state index in [1.54, 1.807) is 12.1 Å². The number of rotatable bonds is 3. The van der Waals surface area contributed by atoms with Crippen LogP contribution in [0.5, 0.6) is 0 Å². The van der Waals surface area contributed by atoms with Crippen molar-refractivity contribution >= 4 is 39.3 Å². The van der Waals surface area contributed by atoms with E-state index in [9.17, 15) is 4.79 Å². The van der Waals surface area contributed by atoms with Crippen molar-refractivity contribution in [2.24, 2.45) is 0 Å². The number of hydrogen-bond acceptors (Lipinski definition) is 1. The summed E-state index contributed by atoms with van der Waals surface area (Å²) < 4.78 is 0.778. The summed E-state index contributed by atoms with van der Waals surface area (Å²) >= 11 is 8.78. The van der Waals surface area contributed by atoms with Gasteiger partial charge in [0.2, 0.25) is 0 Å². The van der Waals surface area contributed by atoms with E-state index in [2.05, 4.69) is 15.9 Å². The minimum Gasteiger partial charge on any atom is -0.465 e. The Morgan fingerprint density at radius 3 is 2.88 bits per heavy atom. The van der Waals surface area contributed by atoms with Gasteiger partial charge >= 0.3 is 6.09 Å². The Hall–Kier alpha value is -1.00. The molecule has 1 amide bonds. The fraction of sp³-hybridized carbons (Fsp3) is 0.182. The number of carbonyl (C=O) groups is 1. The highest BCUT2D eigenvalue weighted by Crippen LogP contribution is 2.29. The SMILES string of the molecule is Cc1cccc(N(CC=CCl)C(=O)O)c1Br. The third-order valence-corrected chi connectivity index (χ3v) is 3.28. The summed E-state index contributed by atoms with van der Waals surface area (Å²) in [7, 11) is 0. The topological polar surface area (TPSA) is 40.5 Å². The van der Waals surface area contributed by atoms with Crippen LogP contribution in [0.25, 0.3) is 0 Å². The summed E-state index contributed by atoms with van der Waals surface area (Å²) in [5.74, 6) is 0. The molecule has 0 fully saturated rings. The van der Waals surface area contributed by atoms with E-state index in [4.69, 9.17) is 16.7 Å². The van der Waals surface area contributed by atoms with Crippen molar-refractivity contribution in [3.8, 4) is 0 Å². The number of anilines is 1. The molecule has 1 aromatic carbocycles. The second kappa shape index (κ2) is 5.92. The van der Waals surface area contributed by atoms with E-state index in [0.29, 0.717) is 5.69 Å². The monoisotopic (exact) mass is 303 g/mol. The third-order valence-electron chi connectivity index (χ3n) is 2.07. The summed E-state index contributed by atoms with van der Waals surface area (Å²) in [4.78, 5) is 12.3. The highest BCUT2D eigenvalue weighted by molar-refractivity contribution is 9.10.